The fourth-order valence-electron chi connectivity index (χ4n) is 2.44. The fourth-order valence-corrected chi connectivity index (χ4v) is 2.44. The van der Waals surface area contributed by atoms with Crippen LogP contribution in [0.3, 0.4) is 0 Å². The number of aromatic nitrogens is 2. The Labute approximate surface area is 117 Å². The number of hydrogen-bond donors (Lipinski definition) is 1. The second-order valence-corrected chi connectivity index (χ2v) is 4.87. The van der Waals surface area contributed by atoms with Gasteiger partial charge in [0.2, 0.25) is 0 Å². The monoisotopic (exact) mass is 268 g/mol. The lowest BCUT2D eigenvalue weighted by atomic mass is 10.1. The number of morpholine rings is 1. The van der Waals surface area contributed by atoms with E-state index in [9.17, 15) is 0 Å². The standard InChI is InChI=1S/C15H16N4O/c1-11-2-3-12(7-16)6-13(11)19-10-18-8-14(19)15-9-17-4-5-20-15/h2-3,6,8,10,15,17H,4-5,9H2,1H3. The van der Waals surface area contributed by atoms with Crippen molar-refractivity contribution in [3.63, 3.8) is 0 Å². The number of imidazole rings is 1. The van der Waals surface area contributed by atoms with Crippen molar-refractivity contribution in [1.82, 2.24) is 14.9 Å². The van der Waals surface area contributed by atoms with Crippen molar-refractivity contribution in [1.29, 1.82) is 5.26 Å². The predicted molar refractivity (Wildman–Crippen MR) is 74.6 cm³/mol. The highest BCUT2D eigenvalue weighted by Crippen LogP contribution is 2.24. The number of benzene rings is 1. The van der Waals surface area contributed by atoms with Crippen molar-refractivity contribution in [2.45, 2.75) is 13.0 Å². The highest BCUT2D eigenvalue weighted by atomic mass is 16.5. The Morgan fingerprint density at radius 2 is 2.40 bits per heavy atom. The zero-order valence-electron chi connectivity index (χ0n) is 11.3. The number of ether oxygens (including phenoxy) is 1. The molecule has 1 fully saturated rings. The fraction of sp³-hybridized carbons (Fsp3) is 0.333. The van der Waals surface area contributed by atoms with Gasteiger partial charge in [0.1, 0.15) is 6.10 Å². The maximum atomic E-state index is 9.06. The minimum atomic E-state index is -0.00334. The molecule has 2 aromatic rings. The van der Waals surface area contributed by atoms with Crippen molar-refractivity contribution < 1.29 is 4.74 Å². The van der Waals surface area contributed by atoms with Crippen LogP contribution in [0.4, 0.5) is 0 Å². The Hall–Kier alpha value is -2.16. The van der Waals surface area contributed by atoms with E-state index in [-0.39, 0.29) is 6.10 Å². The summed E-state index contributed by atoms with van der Waals surface area (Å²) in [6, 6.07) is 7.85. The topological polar surface area (TPSA) is 62.9 Å². The summed E-state index contributed by atoms with van der Waals surface area (Å²) >= 11 is 0. The minimum Gasteiger partial charge on any atom is -0.369 e. The van der Waals surface area contributed by atoms with E-state index in [4.69, 9.17) is 10.00 Å². The maximum absolute atomic E-state index is 9.06. The number of hydrogen-bond acceptors (Lipinski definition) is 4. The largest absolute Gasteiger partial charge is 0.369 e. The predicted octanol–water partition coefficient (Wildman–Crippen LogP) is 1.71. The van der Waals surface area contributed by atoms with Gasteiger partial charge in [-0.15, -0.1) is 0 Å². The van der Waals surface area contributed by atoms with E-state index in [2.05, 4.69) is 16.4 Å². The third kappa shape index (κ3) is 2.31. The number of nitrogens with one attached hydrogen (secondary N) is 1. The SMILES string of the molecule is Cc1ccc(C#N)cc1-n1cncc1C1CNCCO1. The summed E-state index contributed by atoms with van der Waals surface area (Å²) in [4.78, 5) is 4.24. The third-order valence-electron chi connectivity index (χ3n) is 3.52. The number of rotatable bonds is 2. The highest BCUT2D eigenvalue weighted by molar-refractivity contribution is 5.48. The Bertz CT molecular complexity index is 650. The van der Waals surface area contributed by atoms with Crippen LogP contribution in [-0.2, 0) is 4.74 Å². The van der Waals surface area contributed by atoms with Crippen molar-refractivity contribution in [2.24, 2.45) is 0 Å². The van der Waals surface area contributed by atoms with Crippen LogP contribution >= 0.6 is 0 Å². The van der Waals surface area contributed by atoms with Crippen molar-refractivity contribution >= 4 is 0 Å². The van der Waals surface area contributed by atoms with Crippen LogP contribution in [0.5, 0.6) is 0 Å². The molecule has 1 saturated heterocycles. The van der Waals surface area contributed by atoms with Gasteiger partial charge in [-0.05, 0) is 24.6 Å². The van der Waals surface area contributed by atoms with Gasteiger partial charge in [0.25, 0.3) is 0 Å². The summed E-state index contributed by atoms with van der Waals surface area (Å²) in [5.41, 5.74) is 3.74. The summed E-state index contributed by atoms with van der Waals surface area (Å²) in [7, 11) is 0. The molecule has 5 heteroatoms. The van der Waals surface area contributed by atoms with E-state index >= 15 is 0 Å². The molecule has 0 bridgehead atoms. The van der Waals surface area contributed by atoms with E-state index in [0.717, 1.165) is 30.0 Å². The summed E-state index contributed by atoms with van der Waals surface area (Å²) < 4.78 is 7.80. The average molecular weight is 268 g/mol. The average Bonchev–Trinajstić information content (AvgIpc) is 2.98. The summed E-state index contributed by atoms with van der Waals surface area (Å²) in [6.07, 6.45) is 3.60. The van der Waals surface area contributed by atoms with Crippen LogP contribution < -0.4 is 5.32 Å². The molecule has 1 aromatic heterocycles. The molecule has 102 valence electrons. The molecule has 1 aromatic carbocycles. The van der Waals surface area contributed by atoms with Crippen molar-refractivity contribution in [3.8, 4) is 11.8 Å². The van der Waals surface area contributed by atoms with E-state index in [1.165, 1.54) is 0 Å². The van der Waals surface area contributed by atoms with Crippen LogP contribution in [0.15, 0.2) is 30.7 Å². The first-order chi connectivity index (χ1) is 9.79. The Balaban J connectivity index is 2.03. The van der Waals surface area contributed by atoms with Gasteiger partial charge in [-0.3, -0.25) is 0 Å². The Morgan fingerprint density at radius 3 is 3.15 bits per heavy atom. The normalized spacial score (nSPS) is 18.7. The molecule has 3 rings (SSSR count). The lowest BCUT2D eigenvalue weighted by Crippen LogP contribution is -2.34. The maximum Gasteiger partial charge on any atom is 0.112 e. The molecule has 1 aliphatic rings. The van der Waals surface area contributed by atoms with Crippen LogP contribution in [0.25, 0.3) is 5.69 Å². The van der Waals surface area contributed by atoms with Gasteiger partial charge in [0.05, 0.1) is 42.1 Å². The molecule has 0 saturated carbocycles. The Kier molecular flexibility index (Phi) is 3.50. The lowest BCUT2D eigenvalue weighted by Gasteiger charge is -2.25. The quantitative estimate of drug-likeness (QED) is 0.900. The van der Waals surface area contributed by atoms with E-state index in [1.807, 2.05) is 35.9 Å². The van der Waals surface area contributed by atoms with Crippen LogP contribution in [0.1, 0.15) is 22.9 Å². The number of aryl methyl sites for hydroxylation is 1. The third-order valence-corrected chi connectivity index (χ3v) is 3.52. The van der Waals surface area contributed by atoms with Crippen LogP contribution in [0.2, 0.25) is 0 Å². The molecule has 5 nitrogen and oxygen atoms in total. The molecular formula is C15H16N4O. The summed E-state index contributed by atoms with van der Waals surface area (Å²) in [6.45, 7) is 4.39. The molecule has 1 atom stereocenters. The molecule has 1 aliphatic heterocycles. The lowest BCUT2D eigenvalue weighted by molar-refractivity contribution is 0.0240. The van der Waals surface area contributed by atoms with Crippen molar-refractivity contribution in [2.75, 3.05) is 19.7 Å². The van der Waals surface area contributed by atoms with Crippen LogP contribution in [-0.4, -0.2) is 29.2 Å². The van der Waals surface area contributed by atoms with Gasteiger partial charge in [-0.2, -0.15) is 5.26 Å². The molecule has 1 unspecified atom stereocenters. The van der Waals surface area contributed by atoms with Crippen LogP contribution in [0, 0.1) is 18.3 Å². The zero-order valence-corrected chi connectivity index (χ0v) is 11.3. The summed E-state index contributed by atoms with van der Waals surface area (Å²) in [5.74, 6) is 0. The number of nitrogens with zero attached hydrogens (tertiary/aromatic N) is 3. The highest BCUT2D eigenvalue weighted by Gasteiger charge is 2.20. The van der Waals surface area contributed by atoms with E-state index < -0.39 is 0 Å². The van der Waals surface area contributed by atoms with Gasteiger partial charge in [-0.25, -0.2) is 4.98 Å². The molecule has 2 heterocycles. The molecule has 0 radical (unpaired) electrons. The first-order valence-corrected chi connectivity index (χ1v) is 6.65. The van der Waals surface area contributed by atoms with Gasteiger partial charge in [0.15, 0.2) is 0 Å². The van der Waals surface area contributed by atoms with Gasteiger partial charge in [0, 0.05) is 13.1 Å². The summed E-state index contributed by atoms with van der Waals surface area (Å²) in [5, 5.41) is 12.4. The van der Waals surface area contributed by atoms with Gasteiger partial charge in [-0.1, -0.05) is 6.07 Å². The first kappa shape index (κ1) is 12.9. The number of nitriles is 1. The van der Waals surface area contributed by atoms with E-state index in [0.29, 0.717) is 12.2 Å². The molecule has 20 heavy (non-hydrogen) atoms. The molecule has 0 amide bonds. The second kappa shape index (κ2) is 5.45. The Morgan fingerprint density at radius 1 is 1.50 bits per heavy atom. The zero-order chi connectivity index (χ0) is 13.9. The first-order valence-electron chi connectivity index (χ1n) is 6.65. The smallest absolute Gasteiger partial charge is 0.112 e. The molecule has 0 spiro atoms. The molecular weight excluding hydrogens is 252 g/mol. The minimum absolute atomic E-state index is 0.00334. The van der Waals surface area contributed by atoms with E-state index in [1.54, 1.807) is 6.33 Å². The van der Waals surface area contributed by atoms with Gasteiger partial charge < -0.3 is 14.6 Å². The van der Waals surface area contributed by atoms with Crippen molar-refractivity contribution in [3.05, 3.63) is 47.5 Å². The van der Waals surface area contributed by atoms with Gasteiger partial charge >= 0.3 is 0 Å². The second-order valence-electron chi connectivity index (χ2n) is 4.87. The molecule has 1 N–H and O–H groups in total. The molecule has 0 aliphatic carbocycles.